The Labute approximate surface area is 113 Å². The van der Waals surface area contributed by atoms with Gasteiger partial charge in [-0.15, -0.1) is 0 Å². The van der Waals surface area contributed by atoms with Gasteiger partial charge in [0, 0.05) is 11.6 Å². The maximum absolute atomic E-state index is 11.1. The molecule has 2 N–H and O–H groups in total. The Kier molecular flexibility index (Phi) is 4.86. The molecule has 2 rings (SSSR count). The Morgan fingerprint density at radius 2 is 1.89 bits per heavy atom. The second kappa shape index (κ2) is 6.17. The van der Waals surface area contributed by atoms with Crippen molar-refractivity contribution in [1.82, 2.24) is 0 Å². The van der Waals surface area contributed by atoms with Crippen LogP contribution in [0.4, 0.5) is 0 Å². The fourth-order valence-electron chi connectivity index (χ4n) is 1.67. The number of nitrogens with zero attached hydrogens (tertiary/aromatic N) is 1. The lowest BCUT2D eigenvalue weighted by Crippen LogP contribution is -3.00. The lowest BCUT2D eigenvalue weighted by atomic mass is 10.1. The number of benzene rings is 1. The van der Waals surface area contributed by atoms with Crippen LogP contribution in [0.15, 0.2) is 48.8 Å². The van der Waals surface area contributed by atoms with Gasteiger partial charge < -0.3 is 18.1 Å². The minimum atomic E-state index is -0.400. The van der Waals surface area contributed by atoms with Crippen molar-refractivity contribution < 1.29 is 21.8 Å². The SMILES string of the molecule is Cc1ccc(C[n+]2cccc(C(N)=O)c2)cc1.[Cl-]. The number of aromatic nitrogens is 1. The number of halogens is 1. The van der Waals surface area contributed by atoms with E-state index in [-0.39, 0.29) is 12.4 Å². The number of hydrogen-bond acceptors (Lipinski definition) is 1. The average Bonchev–Trinajstić information content (AvgIpc) is 2.32. The molecular weight excluding hydrogens is 248 g/mol. The van der Waals surface area contributed by atoms with Crippen molar-refractivity contribution in [3.63, 3.8) is 0 Å². The van der Waals surface area contributed by atoms with Gasteiger partial charge in [-0.2, -0.15) is 4.57 Å². The van der Waals surface area contributed by atoms with Crippen molar-refractivity contribution in [2.75, 3.05) is 0 Å². The highest BCUT2D eigenvalue weighted by atomic mass is 35.5. The number of carbonyl (C=O) groups excluding carboxylic acids is 1. The third kappa shape index (κ3) is 3.57. The normalized spacial score (nSPS) is 9.61. The second-order valence-electron chi connectivity index (χ2n) is 4.11. The monoisotopic (exact) mass is 262 g/mol. The predicted molar refractivity (Wildman–Crippen MR) is 65.4 cm³/mol. The fraction of sp³-hybridized carbons (Fsp3) is 0.143. The summed E-state index contributed by atoms with van der Waals surface area (Å²) in [6.45, 7) is 2.80. The molecule has 1 amide bonds. The average molecular weight is 263 g/mol. The topological polar surface area (TPSA) is 47.0 Å². The van der Waals surface area contributed by atoms with E-state index in [9.17, 15) is 4.79 Å². The minimum Gasteiger partial charge on any atom is -1.00 e. The molecule has 0 aliphatic rings. The molecule has 0 spiro atoms. The van der Waals surface area contributed by atoms with E-state index in [1.165, 1.54) is 11.1 Å². The van der Waals surface area contributed by atoms with Crippen LogP contribution in [-0.4, -0.2) is 5.91 Å². The van der Waals surface area contributed by atoms with Gasteiger partial charge in [0.15, 0.2) is 18.9 Å². The zero-order valence-corrected chi connectivity index (χ0v) is 10.9. The number of pyridine rings is 1. The number of primary amides is 1. The summed E-state index contributed by atoms with van der Waals surface area (Å²) >= 11 is 0. The van der Waals surface area contributed by atoms with Gasteiger partial charge in [-0.25, -0.2) is 0 Å². The van der Waals surface area contributed by atoms with Crippen LogP contribution >= 0.6 is 0 Å². The summed E-state index contributed by atoms with van der Waals surface area (Å²) in [6, 6.07) is 11.9. The molecule has 94 valence electrons. The van der Waals surface area contributed by atoms with Crippen LogP contribution in [0, 0.1) is 6.92 Å². The Morgan fingerprint density at radius 1 is 1.22 bits per heavy atom. The summed E-state index contributed by atoms with van der Waals surface area (Å²) < 4.78 is 1.95. The highest BCUT2D eigenvalue weighted by molar-refractivity contribution is 5.92. The number of hydrogen-bond donors (Lipinski definition) is 1. The van der Waals surface area contributed by atoms with Crippen molar-refractivity contribution >= 4 is 5.91 Å². The van der Waals surface area contributed by atoms with Crippen LogP contribution in [0.5, 0.6) is 0 Å². The lowest BCUT2D eigenvalue weighted by Gasteiger charge is -1.99. The summed E-state index contributed by atoms with van der Waals surface area (Å²) in [5.74, 6) is -0.400. The first-order valence-electron chi connectivity index (χ1n) is 5.49. The molecule has 1 heterocycles. The molecule has 18 heavy (non-hydrogen) atoms. The number of amides is 1. The van der Waals surface area contributed by atoms with Crippen molar-refractivity contribution in [3.8, 4) is 0 Å². The van der Waals surface area contributed by atoms with Crippen molar-refractivity contribution in [2.45, 2.75) is 13.5 Å². The molecule has 0 atom stereocenters. The Morgan fingerprint density at radius 3 is 2.50 bits per heavy atom. The van der Waals surface area contributed by atoms with E-state index in [4.69, 9.17) is 5.73 Å². The molecule has 0 aliphatic heterocycles. The molecule has 0 saturated carbocycles. The molecule has 3 nitrogen and oxygen atoms in total. The van der Waals surface area contributed by atoms with Gasteiger partial charge in [0.05, 0.1) is 0 Å². The Bertz CT molecular complexity index is 538. The zero-order valence-electron chi connectivity index (χ0n) is 10.1. The van der Waals surface area contributed by atoms with Crippen molar-refractivity contribution in [1.29, 1.82) is 0 Å². The predicted octanol–water partition coefficient (Wildman–Crippen LogP) is -1.57. The van der Waals surface area contributed by atoms with Gasteiger partial charge in [0.2, 0.25) is 0 Å². The first-order chi connectivity index (χ1) is 8.15. The summed E-state index contributed by atoms with van der Waals surface area (Å²) in [5, 5.41) is 0. The van der Waals surface area contributed by atoms with E-state index < -0.39 is 5.91 Å². The molecule has 1 aromatic carbocycles. The molecule has 1 aromatic heterocycles. The number of aryl methyl sites for hydroxylation is 1. The van der Waals surface area contributed by atoms with E-state index >= 15 is 0 Å². The molecular formula is C14H15ClN2O. The van der Waals surface area contributed by atoms with Gasteiger partial charge >= 0.3 is 0 Å². The van der Waals surface area contributed by atoms with Crippen LogP contribution in [-0.2, 0) is 6.54 Å². The maximum Gasteiger partial charge on any atom is 0.254 e. The molecule has 0 saturated heterocycles. The highest BCUT2D eigenvalue weighted by Crippen LogP contribution is 2.02. The number of carbonyl (C=O) groups is 1. The molecule has 0 unspecified atom stereocenters. The summed E-state index contributed by atoms with van der Waals surface area (Å²) in [7, 11) is 0. The van der Waals surface area contributed by atoms with Crippen LogP contribution in [0.1, 0.15) is 21.5 Å². The fourth-order valence-corrected chi connectivity index (χ4v) is 1.67. The molecule has 0 aliphatic carbocycles. The second-order valence-corrected chi connectivity index (χ2v) is 4.11. The molecule has 2 aromatic rings. The molecule has 0 radical (unpaired) electrons. The maximum atomic E-state index is 11.1. The van der Waals surface area contributed by atoms with E-state index in [0.29, 0.717) is 5.56 Å². The van der Waals surface area contributed by atoms with Gasteiger partial charge in [-0.1, -0.05) is 29.8 Å². The molecule has 0 fully saturated rings. The summed E-state index contributed by atoms with van der Waals surface area (Å²) in [6.07, 6.45) is 3.69. The standard InChI is InChI=1S/C14H14N2O.ClH/c1-11-4-6-12(7-5-11)9-16-8-2-3-13(10-16)14(15)17;/h2-8,10H,9H2,1H3,(H-,15,17);1H. The lowest BCUT2D eigenvalue weighted by molar-refractivity contribution is -0.688. The van der Waals surface area contributed by atoms with Crippen LogP contribution in [0.25, 0.3) is 0 Å². The smallest absolute Gasteiger partial charge is 0.254 e. The quantitative estimate of drug-likeness (QED) is 0.668. The van der Waals surface area contributed by atoms with E-state index in [2.05, 4.69) is 31.2 Å². The van der Waals surface area contributed by atoms with Crippen LogP contribution in [0.2, 0.25) is 0 Å². The largest absolute Gasteiger partial charge is 1.00 e. The van der Waals surface area contributed by atoms with Crippen LogP contribution < -0.4 is 22.7 Å². The third-order valence-corrected chi connectivity index (χ3v) is 2.63. The molecule has 0 bridgehead atoms. The zero-order chi connectivity index (χ0) is 12.3. The number of nitrogens with two attached hydrogens (primary N) is 1. The summed E-state index contributed by atoms with van der Waals surface area (Å²) in [4.78, 5) is 11.1. The Hall–Kier alpha value is -1.87. The molecule has 4 heteroatoms. The first-order valence-corrected chi connectivity index (χ1v) is 5.49. The van der Waals surface area contributed by atoms with Crippen molar-refractivity contribution in [2.24, 2.45) is 5.73 Å². The van der Waals surface area contributed by atoms with E-state index in [0.717, 1.165) is 6.54 Å². The van der Waals surface area contributed by atoms with Gasteiger partial charge in [0.1, 0.15) is 5.56 Å². The minimum absolute atomic E-state index is 0. The highest BCUT2D eigenvalue weighted by Gasteiger charge is 2.07. The van der Waals surface area contributed by atoms with Crippen LogP contribution in [0.3, 0.4) is 0 Å². The van der Waals surface area contributed by atoms with Gasteiger partial charge in [-0.3, -0.25) is 4.79 Å². The van der Waals surface area contributed by atoms with E-state index in [1.54, 1.807) is 12.3 Å². The third-order valence-electron chi connectivity index (χ3n) is 2.63. The van der Waals surface area contributed by atoms with Gasteiger partial charge in [0.25, 0.3) is 5.91 Å². The number of rotatable bonds is 3. The first kappa shape index (κ1) is 14.2. The van der Waals surface area contributed by atoms with Gasteiger partial charge in [-0.05, 0) is 13.0 Å². The van der Waals surface area contributed by atoms with E-state index in [1.807, 2.05) is 16.8 Å². The Balaban J connectivity index is 0.00000162. The summed E-state index contributed by atoms with van der Waals surface area (Å²) in [5.41, 5.74) is 8.21. The van der Waals surface area contributed by atoms with Crippen molar-refractivity contribution in [3.05, 3.63) is 65.5 Å².